The first-order valence-electron chi connectivity index (χ1n) is 10.9. The van der Waals surface area contributed by atoms with Crippen molar-refractivity contribution >= 4 is 11.4 Å². The van der Waals surface area contributed by atoms with Gasteiger partial charge in [0.15, 0.2) is 11.6 Å². The number of ether oxygens (including phenoxy) is 3. The minimum absolute atomic E-state index is 0.0554. The van der Waals surface area contributed by atoms with Crippen LogP contribution in [0, 0.1) is 17.2 Å². The van der Waals surface area contributed by atoms with Gasteiger partial charge in [-0.1, -0.05) is 12.1 Å². The first-order chi connectivity index (χ1) is 16.5. The highest BCUT2D eigenvalue weighted by atomic mass is 19.1. The SMILES string of the molecule is N=C(N)COCC1c2cc(-c3cccnc3F)ccc2Oc2c(F)cc(C3=CCCOC3)cc21. The van der Waals surface area contributed by atoms with Crippen LogP contribution in [-0.4, -0.2) is 37.2 Å². The van der Waals surface area contributed by atoms with Crippen molar-refractivity contribution in [2.24, 2.45) is 5.73 Å². The van der Waals surface area contributed by atoms with Crippen LogP contribution in [-0.2, 0) is 9.47 Å². The topological polar surface area (TPSA) is 90.5 Å². The summed E-state index contributed by atoms with van der Waals surface area (Å²) in [5.74, 6) is -1.00. The molecule has 2 aliphatic heterocycles. The fourth-order valence-electron chi connectivity index (χ4n) is 4.35. The van der Waals surface area contributed by atoms with Gasteiger partial charge in [0, 0.05) is 28.8 Å². The van der Waals surface area contributed by atoms with E-state index >= 15 is 4.39 Å². The van der Waals surface area contributed by atoms with Gasteiger partial charge < -0.3 is 19.9 Å². The quantitative estimate of drug-likeness (QED) is 0.304. The Balaban J connectivity index is 1.61. The average Bonchev–Trinajstić information content (AvgIpc) is 2.84. The Hall–Kier alpha value is -3.62. The van der Waals surface area contributed by atoms with Crippen LogP contribution in [0.2, 0.25) is 0 Å². The number of nitrogens with two attached hydrogens (primary N) is 1. The van der Waals surface area contributed by atoms with Gasteiger partial charge in [-0.2, -0.15) is 4.39 Å². The zero-order chi connectivity index (χ0) is 23.7. The molecule has 1 aromatic heterocycles. The Morgan fingerprint density at radius 1 is 1.15 bits per heavy atom. The van der Waals surface area contributed by atoms with Crippen molar-refractivity contribution < 1.29 is 23.0 Å². The second-order valence-corrected chi connectivity index (χ2v) is 8.24. The summed E-state index contributed by atoms with van der Waals surface area (Å²) < 4.78 is 46.8. The number of pyridine rings is 1. The minimum Gasteiger partial charge on any atom is -0.454 e. The third-order valence-electron chi connectivity index (χ3n) is 5.94. The summed E-state index contributed by atoms with van der Waals surface area (Å²) in [7, 11) is 0. The number of amidine groups is 1. The number of hydrogen-bond acceptors (Lipinski definition) is 5. The van der Waals surface area contributed by atoms with Gasteiger partial charge >= 0.3 is 0 Å². The molecule has 6 nitrogen and oxygen atoms in total. The number of hydrogen-bond donors (Lipinski definition) is 2. The van der Waals surface area contributed by atoms with Gasteiger partial charge in [0.1, 0.15) is 18.2 Å². The number of fused-ring (bicyclic) bond motifs is 2. The maximum Gasteiger partial charge on any atom is 0.220 e. The van der Waals surface area contributed by atoms with Gasteiger partial charge in [-0.05, 0) is 59.5 Å². The van der Waals surface area contributed by atoms with E-state index in [1.54, 1.807) is 24.3 Å². The predicted molar refractivity (Wildman–Crippen MR) is 124 cm³/mol. The molecule has 3 N–H and O–H groups in total. The highest BCUT2D eigenvalue weighted by Gasteiger charge is 2.31. The Morgan fingerprint density at radius 2 is 2.00 bits per heavy atom. The lowest BCUT2D eigenvalue weighted by atomic mass is 9.85. The first-order valence-corrected chi connectivity index (χ1v) is 10.9. The van der Waals surface area contributed by atoms with Crippen molar-refractivity contribution in [3.05, 3.63) is 83.2 Å². The molecule has 34 heavy (non-hydrogen) atoms. The van der Waals surface area contributed by atoms with Gasteiger partial charge in [-0.15, -0.1) is 0 Å². The Bertz CT molecular complexity index is 1290. The molecule has 3 heterocycles. The molecule has 2 aromatic carbocycles. The van der Waals surface area contributed by atoms with Crippen molar-refractivity contribution in [2.45, 2.75) is 12.3 Å². The van der Waals surface area contributed by atoms with Crippen LogP contribution in [0.5, 0.6) is 11.5 Å². The van der Waals surface area contributed by atoms with Crippen molar-refractivity contribution in [2.75, 3.05) is 26.4 Å². The highest BCUT2D eigenvalue weighted by molar-refractivity contribution is 5.78. The molecule has 0 spiro atoms. The number of nitrogens with one attached hydrogen (secondary N) is 1. The first kappa shape index (κ1) is 22.2. The fourth-order valence-corrected chi connectivity index (χ4v) is 4.35. The zero-order valence-corrected chi connectivity index (χ0v) is 18.3. The van der Waals surface area contributed by atoms with E-state index in [0.29, 0.717) is 41.2 Å². The predicted octanol–water partition coefficient (Wildman–Crippen LogP) is 5.02. The molecule has 0 saturated carbocycles. The lowest BCUT2D eigenvalue weighted by Crippen LogP contribution is -2.22. The van der Waals surface area contributed by atoms with Gasteiger partial charge in [-0.3, -0.25) is 5.41 Å². The molecule has 0 aliphatic carbocycles. The normalized spacial score (nSPS) is 16.8. The van der Waals surface area contributed by atoms with Crippen LogP contribution in [0.15, 0.2) is 54.7 Å². The molecular weight excluding hydrogens is 440 g/mol. The van der Waals surface area contributed by atoms with Crippen LogP contribution in [0.25, 0.3) is 16.7 Å². The summed E-state index contributed by atoms with van der Waals surface area (Å²) in [4.78, 5) is 3.74. The van der Waals surface area contributed by atoms with Crippen LogP contribution < -0.4 is 10.5 Å². The summed E-state index contributed by atoms with van der Waals surface area (Å²) in [5, 5.41) is 7.47. The average molecular weight is 463 g/mol. The van der Waals surface area contributed by atoms with Crippen molar-refractivity contribution in [1.82, 2.24) is 4.98 Å². The number of nitrogens with zero attached hydrogens (tertiary/aromatic N) is 1. The molecule has 3 aromatic rings. The molecule has 0 saturated heterocycles. The molecule has 0 amide bonds. The zero-order valence-electron chi connectivity index (χ0n) is 18.3. The van der Waals surface area contributed by atoms with Crippen molar-refractivity contribution in [3.63, 3.8) is 0 Å². The van der Waals surface area contributed by atoms with Crippen LogP contribution >= 0.6 is 0 Å². The summed E-state index contributed by atoms with van der Waals surface area (Å²) in [6.07, 6.45) is 4.20. The summed E-state index contributed by atoms with van der Waals surface area (Å²) in [5.41, 5.74) is 9.40. The summed E-state index contributed by atoms with van der Waals surface area (Å²) in [6, 6.07) is 11.9. The molecule has 0 fully saturated rings. The van der Waals surface area contributed by atoms with Crippen LogP contribution in [0.3, 0.4) is 0 Å². The van der Waals surface area contributed by atoms with E-state index in [9.17, 15) is 4.39 Å². The number of halogens is 2. The van der Waals surface area contributed by atoms with E-state index in [1.807, 2.05) is 18.2 Å². The van der Waals surface area contributed by atoms with Gasteiger partial charge in [0.05, 0.1) is 19.8 Å². The van der Waals surface area contributed by atoms with E-state index in [4.69, 9.17) is 25.4 Å². The third-order valence-corrected chi connectivity index (χ3v) is 5.94. The van der Waals surface area contributed by atoms with Gasteiger partial charge in [0.2, 0.25) is 5.95 Å². The second-order valence-electron chi connectivity index (χ2n) is 8.24. The molecule has 0 bridgehead atoms. The van der Waals surface area contributed by atoms with E-state index in [-0.39, 0.29) is 24.8 Å². The van der Waals surface area contributed by atoms with E-state index < -0.39 is 17.7 Å². The molecule has 174 valence electrons. The summed E-state index contributed by atoms with van der Waals surface area (Å²) >= 11 is 0. The maximum atomic E-state index is 15.3. The Kier molecular flexibility index (Phi) is 6.08. The third kappa shape index (κ3) is 4.30. The van der Waals surface area contributed by atoms with E-state index in [2.05, 4.69) is 4.98 Å². The molecule has 1 unspecified atom stereocenters. The Labute approximate surface area is 195 Å². The fraction of sp³-hybridized carbons (Fsp3) is 0.231. The molecule has 0 radical (unpaired) electrons. The summed E-state index contributed by atoms with van der Waals surface area (Å²) in [6.45, 7) is 1.13. The highest BCUT2D eigenvalue weighted by Crippen LogP contribution is 2.47. The van der Waals surface area contributed by atoms with E-state index in [1.165, 1.54) is 12.3 Å². The van der Waals surface area contributed by atoms with Crippen LogP contribution in [0.4, 0.5) is 8.78 Å². The maximum absolute atomic E-state index is 15.3. The lowest BCUT2D eigenvalue weighted by molar-refractivity contribution is 0.159. The number of aromatic nitrogens is 1. The molecule has 5 rings (SSSR count). The van der Waals surface area contributed by atoms with Crippen molar-refractivity contribution in [3.8, 4) is 22.6 Å². The smallest absolute Gasteiger partial charge is 0.220 e. The van der Waals surface area contributed by atoms with Crippen LogP contribution in [0.1, 0.15) is 29.0 Å². The lowest BCUT2D eigenvalue weighted by Gasteiger charge is -2.30. The van der Waals surface area contributed by atoms with Gasteiger partial charge in [0.25, 0.3) is 0 Å². The van der Waals surface area contributed by atoms with Gasteiger partial charge in [-0.25, -0.2) is 9.37 Å². The standard InChI is InChI=1S/C26H23F2N3O3/c27-22-11-17(16-3-2-8-32-12-16)10-20-21(13-33-14-24(29)30)19-9-15(5-6-23(19)34-25(20)22)18-4-1-7-31-26(18)28/h1,3-7,9-11,21H,2,8,12-14H2,(H3,29,30). The largest absolute Gasteiger partial charge is 0.454 e. The Morgan fingerprint density at radius 3 is 2.76 bits per heavy atom. The monoisotopic (exact) mass is 463 g/mol. The molecule has 1 atom stereocenters. The minimum atomic E-state index is -0.582. The molecule has 8 heteroatoms. The number of benzene rings is 2. The molecular formula is C26H23F2N3O3. The van der Waals surface area contributed by atoms with E-state index in [0.717, 1.165) is 17.6 Å². The van der Waals surface area contributed by atoms with Crippen molar-refractivity contribution in [1.29, 1.82) is 5.41 Å². The molecule has 2 aliphatic rings. The number of rotatable bonds is 6. The second kappa shape index (κ2) is 9.32.